The zero-order valence-electron chi connectivity index (χ0n) is 13.4. The van der Waals surface area contributed by atoms with Gasteiger partial charge in [0.05, 0.1) is 15.8 Å². The number of halogens is 3. The molecule has 0 radical (unpaired) electrons. The maximum absolute atomic E-state index is 12.9. The van der Waals surface area contributed by atoms with Crippen LogP contribution in [0.1, 0.15) is 5.69 Å². The molecule has 0 N–H and O–H groups in total. The van der Waals surface area contributed by atoms with Crippen LogP contribution < -0.4 is 16.0 Å². The normalized spacial score (nSPS) is 11.7. The second-order valence-corrected chi connectivity index (χ2v) is 6.12. The van der Waals surface area contributed by atoms with Crippen molar-refractivity contribution in [1.82, 2.24) is 13.5 Å². The van der Waals surface area contributed by atoms with Crippen molar-refractivity contribution in [2.75, 3.05) is 6.61 Å². The first-order chi connectivity index (χ1) is 12.2. The summed E-state index contributed by atoms with van der Waals surface area (Å²) in [5.74, 6) is 0.295. The quantitative estimate of drug-likeness (QED) is 0.650. The van der Waals surface area contributed by atoms with Crippen LogP contribution in [0.25, 0.3) is 15.8 Å². The van der Waals surface area contributed by atoms with Crippen molar-refractivity contribution >= 4 is 21.6 Å². The second-order valence-electron chi connectivity index (χ2n) is 5.31. The first-order valence-electron chi connectivity index (χ1n) is 7.28. The molecule has 3 aromatic rings. The van der Waals surface area contributed by atoms with Crippen LogP contribution in [0.15, 0.2) is 46.5 Å². The number of benzene rings is 1. The van der Waals surface area contributed by atoms with Gasteiger partial charge in [-0.25, -0.2) is 9.36 Å². The summed E-state index contributed by atoms with van der Waals surface area (Å²) in [7, 11) is 0.963. The van der Waals surface area contributed by atoms with Crippen LogP contribution in [0.2, 0.25) is 0 Å². The molecule has 0 amide bonds. The smallest absolute Gasteiger partial charge is 0.431 e. The Kier molecular flexibility index (Phi) is 4.45. The van der Waals surface area contributed by atoms with Crippen LogP contribution in [-0.2, 0) is 13.2 Å². The van der Waals surface area contributed by atoms with E-state index in [1.54, 1.807) is 6.07 Å². The third-order valence-electron chi connectivity index (χ3n) is 3.63. The highest BCUT2D eigenvalue weighted by molar-refractivity contribution is 7.13. The molecule has 136 valence electrons. The van der Waals surface area contributed by atoms with Gasteiger partial charge in [-0.1, -0.05) is 12.7 Å². The Balaban J connectivity index is 2.21. The zero-order valence-corrected chi connectivity index (χ0v) is 14.2. The molecule has 2 heterocycles. The van der Waals surface area contributed by atoms with E-state index in [1.165, 1.54) is 18.2 Å². The van der Waals surface area contributed by atoms with E-state index < -0.39 is 23.1 Å². The van der Waals surface area contributed by atoms with Crippen LogP contribution >= 0.6 is 11.5 Å². The average Bonchev–Trinajstić information content (AvgIpc) is 2.98. The lowest BCUT2D eigenvalue weighted by molar-refractivity contribution is -0.144. The monoisotopic (exact) mass is 383 g/mol. The zero-order chi connectivity index (χ0) is 19.1. The van der Waals surface area contributed by atoms with Crippen molar-refractivity contribution in [3.63, 3.8) is 0 Å². The van der Waals surface area contributed by atoms with Crippen molar-refractivity contribution in [2.45, 2.75) is 6.18 Å². The Bertz CT molecular complexity index is 1110. The maximum Gasteiger partial charge on any atom is 0.431 e. The molecule has 0 bridgehead atoms. The van der Waals surface area contributed by atoms with Gasteiger partial charge in [0.15, 0.2) is 0 Å². The van der Waals surface area contributed by atoms with Gasteiger partial charge in [0.25, 0.3) is 5.56 Å². The van der Waals surface area contributed by atoms with Crippen LogP contribution in [0.5, 0.6) is 5.88 Å². The van der Waals surface area contributed by atoms with E-state index in [9.17, 15) is 22.8 Å². The van der Waals surface area contributed by atoms with E-state index in [4.69, 9.17) is 4.74 Å². The molecule has 0 spiro atoms. The van der Waals surface area contributed by atoms with Crippen molar-refractivity contribution in [2.24, 2.45) is 7.05 Å². The van der Waals surface area contributed by atoms with Crippen molar-refractivity contribution in [3.05, 3.63) is 63.5 Å². The predicted molar refractivity (Wildman–Crippen MR) is 91.2 cm³/mol. The van der Waals surface area contributed by atoms with Gasteiger partial charge < -0.3 is 4.74 Å². The highest BCUT2D eigenvalue weighted by Crippen LogP contribution is 2.30. The van der Waals surface area contributed by atoms with Gasteiger partial charge in [-0.2, -0.15) is 17.5 Å². The number of aromatic nitrogens is 3. The molecule has 10 heteroatoms. The molecule has 0 aliphatic rings. The second kappa shape index (κ2) is 6.45. The van der Waals surface area contributed by atoms with Crippen molar-refractivity contribution < 1.29 is 17.9 Å². The summed E-state index contributed by atoms with van der Waals surface area (Å²) < 4.78 is 50.2. The molecule has 3 rings (SSSR count). The van der Waals surface area contributed by atoms with Gasteiger partial charge in [-0.3, -0.25) is 9.36 Å². The summed E-state index contributed by atoms with van der Waals surface area (Å²) in [6.07, 6.45) is -3.27. The summed E-state index contributed by atoms with van der Waals surface area (Å²) in [5.41, 5.74) is -3.35. The van der Waals surface area contributed by atoms with E-state index in [-0.39, 0.29) is 12.3 Å². The third kappa shape index (κ3) is 3.03. The Hall–Kier alpha value is -2.88. The molecule has 6 nitrogen and oxygen atoms in total. The Morgan fingerprint density at radius 3 is 2.69 bits per heavy atom. The lowest BCUT2D eigenvalue weighted by Crippen LogP contribution is -2.40. The summed E-state index contributed by atoms with van der Waals surface area (Å²) in [5, 5.41) is 0.545. The van der Waals surface area contributed by atoms with E-state index in [2.05, 4.69) is 11.0 Å². The summed E-state index contributed by atoms with van der Waals surface area (Å²) in [4.78, 5) is 24.5. The number of fused-ring (bicyclic) bond motifs is 1. The largest absolute Gasteiger partial charge is 0.472 e. The molecule has 0 unspecified atom stereocenters. The average molecular weight is 383 g/mol. The molecule has 1 aromatic carbocycles. The molecular weight excluding hydrogens is 371 g/mol. The molecule has 0 fully saturated rings. The van der Waals surface area contributed by atoms with Gasteiger partial charge >= 0.3 is 11.9 Å². The fourth-order valence-corrected chi connectivity index (χ4v) is 3.13. The lowest BCUT2D eigenvalue weighted by Gasteiger charge is -2.14. The topological polar surface area (TPSA) is 66.1 Å². The summed E-state index contributed by atoms with van der Waals surface area (Å²) in [6.45, 7) is 3.75. The van der Waals surface area contributed by atoms with Crippen LogP contribution in [0.4, 0.5) is 13.2 Å². The number of hydrogen-bond donors (Lipinski definition) is 0. The molecule has 0 saturated heterocycles. The number of hydrogen-bond acceptors (Lipinski definition) is 5. The van der Waals surface area contributed by atoms with Gasteiger partial charge in [0.1, 0.15) is 12.3 Å². The van der Waals surface area contributed by atoms with Crippen LogP contribution in [0, 0.1) is 0 Å². The standard InChI is InChI=1S/C16H12F3N3O3S/c1-3-6-25-14-10-7-9(4-5-11(10)26-20-14)22-13(23)8-12(16(17,18)19)21(2)15(22)24/h3-5,7-8H,1,6H2,2H3. The lowest BCUT2D eigenvalue weighted by atomic mass is 10.2. The minimum atomic E-state index is -4.81. The van der Waals surface area contributed by atoms with Gasteiger partial charge in [0, 0.05) is 13.1 Å². The molecule has 0 aliphatic heterocycles. The fourth-order valence-electron chi connectivity index (χ4n) is 2.42. The Labute approximate surface area is 148 Å². The first-order valence-corrected chi connectivity index (χ1v) is 8.05. The third-order valence-corrected chi connectivity index (χ3v) is 4.44. The summed E-state index contributed by atoms with van der Waals surface area (Å²) >= 11 is 1.16. The van der Waals surface area contributed by atoms with E-state index >= 15 is 0 Å². The van der Waals surface area contributed by atoms with E-state index in [0.717, 1.165) is 23.3 Å². The fraction of sp³-hybridized carbons (Fsp3) is 0.188. The number of nitrogens with zero attached hydrogens (tertiary/aromatic N) is 3. The molecule has 2 aromatic heterocycles. The molecule has 26 heavy (non-hydrogen) atoms. The van der Waals surface area contributed by atoms with Crippen LogP contribution in [-0.4, -0.2) is 20.1 Å². The maximum atomic E-state index is 12.9. The first kappa shape index (κ1) is 17.9. The van der Waals surface area contributed by atoms with Crippen molar-refractivity contribution in [3.8, 4) is 11.6 Å². The van der Waals surface area contributed by atoms with Gasteiger partial charge in [-0.15, -0.1) is 0 Å². The highest BCUT2D eigenvalue weighted by Gasteiger charge is 2.35. The number of ether oxygens (including phenoxy) is 1. The predicted octanol–water partition coefficient (Wildman–Crippen LogP) is 2.73. The molecule has 0 atom stereocenters. The molecular formula is C16H12F3N3O3S. The molecule has 0 saturated carbocycles. The minimum Gasteiger partial charge on any atom is -0.472 e. The number of alkyl halides is 3. The van der Waals surface area contributed by atoms with E-state index in [0.29, 0.717) is 26.5 Å². The Morgan fingerprint density at radius 2 is 2.04 bits per heavy atom. The van der Waals surface area contributed by atoms with Gasteiger partial charge in [0.2, 0.25) is 5.88 Å². The SMILES string of the molecule is C=CCOc1nsc2ccc(-n3c(=O)cc(C(F)(F)F)n(C)c3=O)cc12. The molecule has 0 aliphatic carbocycles. The van der Waals surface area contributed by atoms with Crippen LogP contribution in [0.3, 0.4) is 0 Å². The van der Waals surface area contributed by atoms with Crippen molar-refractivity contribution in [1.29, 1.82) is 0 Å². The summed E-state index contributed by atoms with van der Waals surface area (Å²) in [6, 6.07) is 4.96. The number of rotatable bonds is 4. The van der Waals surface area contributed by atoms with Gasteiger partial charge in [-0.05, 0) is 29.7 Å². The Morgan fingerprint density at radius 1 is 1.31 bits per heavy atom. The minimum absolute atomic E-state index is 0.125. The van der Waals surface area contributed by atoms with E-state index in [1.807, 2.05) is 0 Å². The highest BCUT2D eigenvalue weighted by atomic mass is 32.1.